The predicted octanol–water partition coefficient (Wildman–Crippen LogP) is 6.28. The molecule has 1 fully saturated rings. The maximum absolute atomic E-state index is 13.2. The normalized spacial score (nSPS) is 16.5. The van der Waals surface area contributed by atoms with Gasteiger partial charge in [-0.05, 0) is 55.3 Å². The molecule has 1 aromatic heterocycles. The summed E-state index contributed by atoms with van der Waals surface area (Å²) in [5.41, 5.74) is -2.29. The summed E-state index contributed by atoms with van der Waals surface area (Å²) in [4.78, 5) is 6.19. The molecule has 5 nitrogen and oxygen atoms in total. The summed E-state index contributed by atoms with van der Waals surface area (Å²) in [5, 5.41) is 3.82. The van der Waals surface area contributed by atoms with E-state index in [1.807, 2.05) is 30.3 Å². The third-order valence-electron chi connectivity index (χ3n) is 6.27. The van der Waals surface area contributed by atoms with Crippen LogP contribution in [0, 0.1) is 0 Å². The Morgan fingerprint density at radius 3 is 2.06 bits per heavy atom. The molecule has 12 heteroatoms. The third-order valence-corrected chi connectivity index (χ3v) is 6.27. The van der Waals surface area contributed by atoms with E-state index in [4.69, 9.17) is 9.26 Å². The van der Waals surface area contributed by atoms with Crippen molar-refractivity contribution < 1.29 is 35.6 Å². The van der Waals surface area contributed by atoms with Gasteiger partial charge in [0.2, 0.25) is 6.39 Å². The number of alkyl halides is 6. The molecular weight excluding hydrogens is 512 g/mol. The molecule has 0 atom stereocenters. The van der Waals surface area contributed by atoms with Crippen LogP contribution < -0.4 is 0 Å². The number of hydrogen-bond donors (Lipinski definition) is 0. The van der Waals surface area contributed by atoms with Gasteiger partial charge in [-0.15, -0.1) is 12.4 Å². The molecule has 2 heterocycles. The Morgan fingerprint density at radius 1 is 0.917 bits per heavy atom. The Balaban J connectivity index is 0.00000361. The van der Waals surface area contributed by atoms with Crippen molar-refractivity contribution >= 4 is 12.4 Å². The Morgan fingerprint density at radius 2 is 1.53 bits per heavy atom. The van der Waals surface area contributed by atoms with Gasteiger partial charge in [0.1, 0.15) is 0 Å². The van der Waals surface area contributed by atoms with Crippen molar-refractivity contribution in [2.24, 2.45) is 0 Å². The standard InChI is InChI=1S/C24H23F6N3O2.ClH/c25-23(26,27)19-10-17(11-20(12-19)24(28,29)30)14-34-15-22(18-4-2-1-3-5-18)6-8-33(9-7-22)13-21-31-16-35-32-21;/h1-5,10-12,16H,6-9,13-15H2;1H. The van der Waals surface area contributed by atoms with Crippen LogP contribution in [0.15, 0.2) is 59.4 Å². The molecule has 3 aromatic rings. The van der Waals surface area contributed by atoms with Crippen molar-refractivity contribution in [3.63, 3.8) is 0 Å². The van der Waals surface area contributed by atoms with Gasteiger partial charge in [-0.3, -0.25) is 4.90 Å². The van der Waals surface area contributed by atoms with E-state index in [9.17, 15) is 26.3 Å². The fourth-order valence-electron chi connectivity index (χ4n) is 4.38. The summed E-state index contributed by atoms with van der Waals surface area (Å²) in [7, 11) is 0. The highest BCUT2D eigenvalue weighted by Gasteiger charge is 2.38. The molecule has 196 valence electrons. The van der Waals surface area contributed by atoms with Crippen molar-refractivity contribution in [1.29, 1.82) is 0 Å². The van der Waals surface area contributed by atoms with E-state index >= 15 is 0 Å². The van der Waals surface area contributed by atoms with E-state index in [0.717, 1.165) is 5.56 Å². The summed E-state index contributed by atoms with van der Waals surface area (Å²) >= 11 is 0. The third kappa shape index (κ3) is 6.77. The molecule has 0 N–H and O–H groups in total. The molecule has 1 saturated heterocycles. The van der Waals surface area contributed by atoms with Crippen LogP contribution in [-0.4, -0.2) is 34.7 Å². The Kier molecular flexibility index (Phi) is 8.68. The van der Waals surface area contributed by atoms with Crippen molar-refractivity contribution in [2.45, 2.75) is 43.8 Å². The van der Waals surface area contributed by atoms with Gasteiger partial charge < -0.3 is 9.26 Å². The van der Waals surface area contributed by atoms with Gasteiger partial charge in [-0.1, -0.05) is 35.5 Å². The van der Waals surface area contributed by atoms with Crippen LogP contribution in [-0.2, 0) is 35.7 Å². The van der Waals surface area contributed by atoms with Crippen molar-refractivity contribution in [2.75, 3.05) is 19.7 Å². The van der Waals surface area contributed by atoms with Gasteiger partial charge in [0.05, 0.1) is 30.9 Å². The van der Waals surface area contributed by atoms with Crippen LogP contribution in [0.25, 0.3) is 0 Å². The minimum atomic E-state index is -4.90. The lowest BCUT2D eigenvalue weighted by atomic mass is 9.73. The zero-order valence-corrected chi connectivity index (χ0v) is 19.8. The predicted molar refractivity (Wildman–Crippen MR) is 120 cm³/mol. The average Bonchev–Trinajstić information content (AvgIpc) is 3.33. The lowest BCUT2D eigenvalue weighted by molar-refractivity contribution is -0.143. The van der Waals surface area contributed by atoms with Crippen molar-refractivity contribution in [3.05, 3.63) is 83.0 Å². The molecule has 2 aromatic carbocycles. The van der Waals surface area contributed by atoms with E-state index in [-0.39, 0.29) is 37.3 Å². The molecule has 0 bridgehead atoms. The molecule has 0 unspecified atom stereocenters. The smallest absolute Gasteiger partial charge is 0.376 e. The summed E-state index contributed by atoms with van der Waals surface area (Å²) < 4.78 is 89.6. The SMILES string of the molecule is Cl.FC(F)(F)c1cc(COCC2(c3ccccc3)CCN(Cc3ncon3)CC2)cc(C(F)(F)F)c1. The van der Waals surface area contributed by atoms with Crippen molar-refractivity contribution in [3.8, 4) is 0 Å². The quantitative estimate of drug-likeness (QED) is 0.333. The zero-order chi connectivity index (χ0) is 25.1. The lowest BCUT2D eigenvalue weighted by Gasteiger charge is -2.42. The summed E-state index contributed by atoms with van der Waals surface area (Å²) in [5.74, 6) is 0.568. The fourth-order valence-corrected chi connectivity index (χ4v) is 4.38. The molecule has 1 aliphatic rings. The number of rotatable bonds is 7. The summed E-state index contributed by atoms with van der Waals surface area (Å²) in [6, 6.07) is 11.1. The Labute approximate surface area is 209 Å². The highest BCUT2D eigenvalue weighted by molar-refractivity contribution is 5.85. The second-order valence-electron chi connectivity index (χ2n) is 8.68. The topological polar surface area (TPSA) is 51.4 Å². The summed E-state index contributed by atoms with van der Waals surface area (Å²) in [6.45, 7) is 1.69. The van der Waals surface area contributed by atoms with Gasteiger partial charge in [-0.2, -0.15) is 31.3 Å². The number of halogens is 7. The van der Waals surface area contributed by atoms with E-state index in [1.165, 1.54) is 6.39 Å². The van der Waals surface area contributed by atoms with Gasteiger partial charge in [0.25, 0.3) is 0 Å². The second kappa shape index (κ2) is 11.2. The molecule has 0 radical (unpaired) electrons. The largest absolute Gasteiger partial charge is 0.416 e. The van der Waals surface area contributed by atoms with Crippen LogP contribution in [0.3, 0.4) is 0 Å². The molecule has 0 spiro atoms. The molecule has 0 aliphatic carbocycles. The van der Waals surface area contributed by atoms with Crippen LogP contribution in [0.4, 0.5) is 26.3 Å². The number of benzene rings is 2. The van der Waals surface area contributed by atoms with E-state index < -0.39 is 28.9 Å². The molecule has 4 rings (SSSR count). The van der Waals surface area contributed by atoms with Crippen LogP contribution in [0.1, 0.15) is 40.9 Å². The highest BCUT2D eigenvalue weighted by atomic mass is 35.5. The number of nitrogens with zero attached hydrogens (tertiary/aromatic N) is 3. The first-order chi connectivity index (χ1) is 16.6. The molecular formula is C24H24ClF6N3O2. The number of hydrogen-bond acceptors (Lipinski definition) is 5. The second-order valence-corrected chi connectivity index (χ2v) is 8.68. The fraction of sp³-hybridized carbons (Fsp3) is 0.417. The number of aromatic nitrogens is 2. The van der Waals surface area contributed by atoms with Crippen molar-refractivity contribution in [1.82, 2.24) is 15.0 Å². The zero-order valence-electron chi connectivity index (χ0n) is 19.0. The molecule has 0 saturated carbocycles. The van der Waals surface area contributed by atoms with Gasteiger partial charge in [-0.25, -0.2) is 0 Å². The number of piperidine rings is 1. The Bertz CT molecular complexity index is 1070. The monoisotopic (exact) mass is 535 g/mol. The maximum atomic E-state index is 13.2. The van der Waals surface area contributed by atoms with Crippen LogP contribution in [0.2, 0.25) is 0 Å². The first kappa shape index (κ1) is 27.9. The van der Waals surface area contributed by atoms with Crippen LogP contribution >= 0.6 is 12.4 Å². The Hall–Kier alpha value is -2.63. The molecule has 1 aliphatic heterocycles. The first-order valence-corrected chi connectivity index (χ1v) is 10.9. The summed E-state index contributed by atoms with van der Waals surface area (Å²) in [6.07, 6.45) is -7.16. The number of ether oxygens (including phenoxy) is 1. The molecule has 0 amide bonds. The minimum absolute atomic E-state index is 0. The molecule has 36 heavy (non-hydrogen) atoms. The van der Waals surface area contributed by atoms with Crippen LogP contribution in [0.5, 0.6) is 0 Å². The minimum Gasteiger partial charge on any atom is -0.376 e. The number of likely N-dealkylation sites (tertiary alicyclic amines) is 1. The van der Waals surface area contributed by atoms with Gasteiger partial charge in [0.15, 0.2) is 5.82 Å². The first-order valence-electron chi connectivity index (χ1n) is 10.9. The maximum Gasteiger partial charge on any atom is 0.416 e. The van der Waals surface area contributed by atoms with E-state index in [0.29, 0.717) is 50.4 Å². The van der Waals surface area contributed by atoms with Gasteiger partial charge >= 0.3 is 12.4 Å². The van der Waals surface area contributed by atoms with Gasteiger partial charge in [0, 0.05) is 5.41 Å². The average molecular weight is 536 g/mol. The lowest BCUT2D eigenvalue weighted by Crippen LogP contribution is -2.45. The van der Waals surface area contributed by atoms with E-state index in [2.05, 4.69) is 15.0 Å². The highest BCUT2D eigenvalue weighted by Crippen LogP contribution is 2.38. The van der Waals surface area contributed by atoms with E-state index in [1.54, 1.807) is 0 Å².